The quantitative estimate of drug-likeness (QED) is 0.172. The molecule has 262 valence electrons. The number of nitrogens with zero attached hydrogens (tertiary/aromatic N) is 4. The largest absolute Gasteiger partial charge is 0.456 e. The van der Waals surface area contributed by atoms with Crippen LogP contribution in [-0.4, -0.2) is 19.5 Å². The Hall–Kier alpha value is -7.63. The first-order valence-corrected chi connectivity index (χ1v) is 18.8. The van der Waals surface area contributed by atoms with E-state index in [4.69, 9.17) is 19.4 Å². The van der Waals surface area contributed by atoms with Gasteiger partial charge in [-0.3, -0.25) is 4.57 Å². The van der Waals surface area contributed by atoms with Crippen molar-refractivity contribution in [2.45, 2.75) is 0 Å². The van der Waals surface area contributed by atoms with Gasteiger partial charge in [0.15, 0.2) is 11.6 Å². The predicted molar refractivity (Wildman–Crippen MR) is 229 cm³/mol. The lowest BCUT2D eigenvalue weighted by Gasteiger charge is -2.11. The smallest absolute Gasteiger partial charge is 0.238 e. The Bertz CT molecular complexity index is 3180. The second kappa shape index (κ2) is 13.0. The standard InChI is InChI=1S/C51H32N4O/c1-3-12-33(13-4-1)39-27-29-47-44(31-39)43-28-26-40(32-48(43)56-47)38-17-11-16-37(30-38)34-22-24-36(25-23-34)50-52-49(35-14-5-2-6-15-35)53-51(54-50)55-45-20-9-7-18-41(45)42-19-8-10-21-46(42)55/h1-32H. The van der Waals surface area contributed by atoms with Crippen molar-refractivity contribution in [3.05, 3.63) is 194 Å². The molecule has 0 atom stereocenters. The van der Waals surface area contributed by atoms with E-state index in [2.05, 4.69) is 162 Å². The van der Waals surface area contributed by atoms with E-state index in [-0.39, 0.29) is 0 Å². The third kappa shape index (κ3) is 5.45. The summed E-state index contributed by atoms with van der Waals surface area (Å²) in [7, 11) is 0. The Morgan fingerprint density at radius 1 is 0.304 bits per heavy atom. The van der Waals surface area contributed by atoms with E-state index in [1.54, 1.807) is 0 Å². The molecule has 5 nitrogen and oxygen atoms in total. The Morgan fingerprint density at radius 3 is 1.48 bits per heavy atom. The molecule has 5 heteroatoms. The van der Waals surface area contributed by atoms with Gasteiger partial charge in [-0.1, -0.05) is 152 Å². The average molecular weight is 717 g/mol. The number of hydrogen-bond acceptors (Lipinski definition) is 4. The van der Waals surface area contributed by atoms with Crippen molar-refractivity contribution in [1.29, 1.82) is 0 Å². The lowest BCUT2D eigenvalue weighted by molar-refractivity contribution is 0.669. The van der Waals surface area contributed by atoms with E-state index in [1.165, 1.54) is 11.1 Å². The minimum absolute atomic E-state index is 0.584. The van der Waals surface area contributed by atoms with Crippen LogP contribution in [0.25, 0.3) is 106 Å². The SMILES string of the molecule is c1ccc(-c2ccc3oc4cc(-c5cccc(-c6ccc(-c7nc(-c8ccccc8)nc(-n8c9ccccc9c9ccccc98)n7)cc6)c5)ccc4c3c2)cc1. The van der Waals surface area contributed by atoms with Gasteiger partial charge in [-0.2, -0.15) is 9.97 Å². The summed E-state index contributed by atoms with van der Waals surface area (Å²) in [5, 5.41) is 4.56. The van der Waals surface area contributed by atoms with E-state index < -0.39 is 0 Å². The van der Waals surface area contributed by atoms with Crippen molar-refractivity contribution in [3.63, 3.8) is 0 Å². The van der Waals surface area contributed by atoms with Gasteiger partial charge in [0.25, 0.3) is 0 Å². The van der Waals surface area contributed by atoms with Crippen LogP contribution in [0.5, 0.6) is 0 Å². The molecule has 0 aliphatic carbocycles. The highest BCUT2D eigenvalue weighted by Gasteiger charge is 2.18. The van der Waals surface area contributed by atoms with Crippen LogP contribution in [-0.2, 0) is 0 Å². The molecule has 3 aromatic heterocycles. The predicted octanol–water partition coefficient (Wildman–Crippen LogP) is 13.2. The number of furan rings is 1. The van der Waals surface area contributed by atoms with Crippen LogP contribution in [0.2, 0.25) is 0 Å². The molecule has 0 radical (unpaired) electrons. The first kappa shape index (κ1) is 31.9. The normalized spacial score (nSPS) is 11.6. The molecular weight excluding hydrogens is 685 g/mol. The van der Waals surface area contributed by atoms with Crippen LogP contribution in [0.15, 0.2) is 199 Å². The third-order valence-electron chi connectivity index (χ3n) is 10.7. The van der Waals surface area contributed by atoms with Crippen LogP contribution in [0.1, 0.15) is 0 Å². The zero-order valence-electron chi connectivity index (χ0n) is 30.2. The van der Waals surface area contributed by atoms with Crippen molar-refractivity contribution >= 4 is 43.7 Å². The molecule has 3 heterocycles. The molecule has 8 aromatic carbocycles. The Labute approximate surface area is 322 Å². The monoisotopic (exact) mass is 716 g/mol. The maximum absolute atomic E-state index is 6.37. The number of hydrogen-bond donors (Lipinski definition) is 0. The molecule has 0 spiro atoms. The molecule has 0 aliphatic rings. The summed E-state index contributed by atoms with van der Waals surface area (Å²) in [6.07, 6.45) is 0. The van der Waals surface area contributed by atoms with E-state index in [0.717, 1.165) is 77.1 Å². The molecule has 0 fully saturated rings. The molecule has 0 amide bonds. The molecule has 11 aromatic rings. The van der Waals surface area contributed by atoms with Crippen molar-refractivity contribution < 1.29 is 4.42 Å². The Kier molecular flexibility index (Phi) is 7.42. The van der Waals surface area contributed by atoms with E-state index in [9.17, 15) is 0 Å². The zero-order valence-corrected chi connectivity index (χ0v) is 30.2. The summed E-state index contributed by atoms with van der Waals surface area (Å²) in [5.74, 6) is 1.83. The summed E-state index contributed by atoms with van der Waals surface area (Å²) in [4.78, 5) is 15.2. The van der Waals surface area contributed by atoms with E-state index in [0.29, 0.717) is 17.6 Å². The maximum atomic E-state index is 6.37. The third-order valence-corrected chi connectivity index (χ3v) is 10.7. The minimum atomic E-state index is 0.584. The summed E-state index contributed by atoms with van der Waals surface area (Å²) < 4.78 is 8.51. The molecule has 56 heavy (non-hydrogen) atoms. The van der Waals surface area contributed by atoms with Crippen LogP contribution in [0.3, 0.4) is 0 Å². The molecule has 11 rings (SSSR count). The number of benzene rings is 8. The molecule has 0 N–H and O–H groups in total. The van der Waals surface area contributed by atoms with Crippen LogP contribution >= 0.6 is 0 Å². The molecule has 0 aliphatic heterocycles. The van der Waals surface area contributed by atoms with Crippen LogP contribution < -0.4 is 0 Å². The number of rotatable bonds is 6. The fourth-order valence-corrected chi connectivity index (χ4v) is 7.91. The highest BCUT2D eigenvalue weighted by molar-refractivity contribution is 6.09. The van der Waals surface area contributed by atoms with Crippen LogP contribution in [0.4, 0.5) is 0 Å². The van der Waals surface area contributed by atoms with Crippen molar-refractivity contribution in [2.75, 3.05) is 0 Å². The Morgan fingerprint density at radius 2 is 0.786 bits per heavy atom. The van der Waals surface area contributed by atoms with E-state index in [1.807, 2.05) is 36.4 Å². The zero-order chi connectivity index (χ0) is 37.0. The number of aromatic nitrogens is 4. The summed E-state index contributed by atoms with van der Waals surface area (Å²) in [5.41, 5.74) is 12.6. The van der Waals surface area contributed by atoms with Crippen molar-refractivity contribution in [3.8, 4) is 62.1 Å². The minimum Gasteiger partial charge on any atom is -0.456 e. The van der Waals surface area contributed by atoms with Gasteiger partial charge in [0.1, 0.15) is 11.2 Å². The topological polar surface area (TPSA) is 56.7 Å². The van der Waals surface area contributed by atoms with Gasteiger partial charge in [-0.15, -0.1) is 0 Å². The fourth-order valence-electron chi connectivity index (χ4n) is 7.91. The summed E-state index contributed by atoms with van der Waals surface area (Å²) in [6, 6.07) is 67.5. The maximum Gasteiger partial charge on any atom is 0.238 e. The molecular formula is C51H32N4O. The van der Waals surface area contributed by atoms with Gasteiger partial charge in [0, 0.05) is 32.7 Å². The van der Waals surface area contributed by atoms with Gasteiger partial charge in [0.05, 0.1) is 11.0 Å². The van der Waals surface area contributed by atoms with Gasteiger partial charge in [-0.25, -0.2) is 4.98 Å². The van der Waals surface area contributed by atoms with Crippen molar-refractivity contribution in [1.82, 2.24) is 19.5 Å². The number of fused-ring (bicyclic) bond motifs is 6. The lowest BCUT2D eigenvalue weighted by atomic mass is 9.97. The lowest BCUT2D eigenvalue weighted by Crippen LogP contribution is -2.06. The van der Waals surface area contributed by atoms with E-state index >= 15 is 0 Å². The summed E-state index contributed by atoms with van der Waals surface area (Å²) >= 11 is 0. The molecule has 0 unspecified atom stereocenters. The van der Waals surface area contributed by atoms with Crippen LogP contribution in [0, 0.1) is 0 Å². The average Bonchev–Trinajstić information content (AvgIpc) is 3.82. The highest BCUT2D eigenvalue weighted by atomic mass is 16.3. The summed E-state index contributed by atoms with van der Waals surface area (Å²) in [6.45, 7) is 0. The van der Waals surface area contributed by atoms with Crippen molar-refractivity contribution in [2.24, 2.45) is 0 Å². The van der Waals surface area contributed by atoms with Gasteiger partial charge in [-0.05, 0) is 75.8 Å². The fraction of sp³-hybridized carbons (Fsp3) is 0. The molecule has 0 saturated carbocycles. The number of para-hydroxylation sites is 2. The molecule has 0 saturated heterocycles. The first-order valence-electron chi connectivity index (χ1n) is 18.8. The van der Waals surface area contributed by atoms with Gasteiger partial charge < -0.3 is 4.42 Å². The van der Waals surface area contributed by atoms with Gasteiger partial charge in [0.2, 0.25) is 5.95 Å². The van der Waals surface area contributed by atoms with Gasteiger partial charge >= 0.3 is 0 Å². The Balaban J connectivity index is 0.952. The molecule has 0 bridgehead atoms. The second-order valence-electron chi connectivity index (χ2n) is 14.1. The second-order valence-corrected chi connectivity index (χ2v) is 14.1. The highest BCUT2D eigenvalue weighted by Crippen LogP contribution is 2.37. The first-order chi connectivity index (χ1) is 27.7.